The summed E-state index contributed by atoms with van der Waals surface area (Å²) in [7, 11) is 3.97. The summed E-state index contributed by atoms with van der Waals surface area (Å²) >= 11 is 0. The predicted molar refractivity (Wildman–Crippen MR) is 47.0 cm³/mol. The van der Waals surface area contributed by atoms with Crippen LogP contribution in [0.5, 0.6) is 0 Å². The Morgan fingerprint density at radius 3 is 2.42 bits per heavy atom. The van der Waals surface area contributed by atoms with Crippen LogP contribution in [0.15, 0.2) is 24.5 Å². The molecule has 3 heteroatoms. The number of hydrogen-bond donors (Lipinski definition) is 0. The third-order valence-electron chi connectivity index (χ3n) is 1.68. The second-order valence-corrected chi connectivity index (χ2v) is 2.81. The highest BCUT2D eigenvalue weighted by Gasteiger charge is 1.99. The van der Waals surface area contributed by atoms with Gasteiger partial charge in [-0.3, -0.25) is 4.79 Å². The summed E-state index contributed by atoms with van der Waals surface area (Å²) in [5.41, 5.74) is 1.14. The Hall–Kier alpha value is -1.38. The van der Waals surface area contributed by atoms with E-state index in [0.29, 0.717) is 6.54 Å². The number of aldehydes is 1. The van der Waals surface area contributed by atoms with Crippen molar-refractivity contribution >= 4 is 12.0 Å². The minimum absolute atomic E-state index is 0.424. The van der Waals surface area contributed by atoms with Gasteiger partial charge in [0.25, 0.3) is 0 Å². The molecule has 0 fully saturated rings. The van der Waals surface area contributed by atoms with E-state index in [0.717, 1.165) is 12.0 Å². The van der Waals surface area contributed by atoms with Crippen molar-refractivity contribution in [3.05, 3.63) is 24.5 Å². The zero-order valence-electron chi connectivity index (χ0n) is 7.40. The summed E-state index contributed by atoms with van der Waals surface area (Å²) < 4.78 is 1.83. The van der Waals surface area contributed by atoms with Crippen LogP contribution in [0.4, 0.5) is 5.69 Å². The van der Waals surface area contributed by atoms with Gasteiger partial charge >= 0.3 is 0 Å². The third kappa shape index (κ3) is 2.05. The van der Waals surface area contributed by atoms with E-state index in [1.165, 1.54) is 0 Å². The minimum Gasteiger partial charge on any atom is -0.377 e. The summed E-state index contributed by atoms with van der Waals surface area (Å²) in [5.74, 6) is 0. The predicted octanol–water partition coefficient (Wildman–Crippen LogP) is 0.239. The van der Waals surface area contributed by atoms with Crippen LogP contribution in [0.25, 0.3) is 0 Å². The van der Waals surface area contributed by atoms with E-state index in [9.17, 15) is 4.79 Å². The van der Waals surface area contributed by atoms with E-state index in [-0.39, 0.29) is 0 Å². The molecule has 0 saturated carbocycles. The van der Waals surface area contributed by atoms with Crippen LogP contribution in [0.2, 0.25) is 0 Å². The number of anilines is 1. The fourth-order valence-corrected chi connectivity index (χ4v) is 0.955. The van der Waals surface area contributed by atoms with Crippen molar-refractivity contribution in [2.45, 2.75) is 6.54 Å². The molecular formula is C9H13N2O+. The quantitative estimate of drug-likeness (QED) is 0.473. The Labute approximate surface area is 72.2 Å². The summed E-state index contributed by atoms with van der Waals surface area (Å²) in [6.45, 7) is 0.424. The molecule has 0 saturated heterocycles. The highest BCUT2D eigenvalue weighted by molar-refractivity contribution is 5.47. The molecule has 64 valence electrons. The summed E-state index contributed by atoms with van der Waals surface area (Å²) in [5, 5.41) is 0. The lowest BCUT2D eigenvalue weighted by molar-refractivity contribution is -0.682. The molecule has 0 bridgehead atoms. The third-order valence-corrected chi connectivity index (χ3v) is 1.68. The maximum Gasteiger partial charge on any atom is 0.203 e. The molecule has 3 nitrogen and oxygen atoms in total. The van der Waals surface area contributed by atoms with E-state index >= 15 is 0 Å². The monoisotopic (exact) mass is 165 g/mol. The number of rotatable bonds is 3. The highest BCUT2D eigenvalue weighted by atomic mass is 16.1. The normalized spacial score (nSPS) is 9.50. The molecule has 0 N–H and O–H groups in total. The maximum absolute atomic E-state index is 10.2. The number of pyridine rings is 1. The van der Waals surface area contributed by atoms with Crippen molar-refractivity contribution in [3.63, 3.8) is 0 Å². The van der Waals surface area contributed by atoms with Gasteiger partial charge in [-0.05, 0) is 0 Å². The molecule has 0 aliphatic rings. The highest BCUT2D eigenvalue weighted by Crippen LogP contribution is 2.05. The van der Waals surface area contributed by atoms with Gasteiger partial charge in [-0.2, -0.15) is 4.57 Å². The first kappa shape index (κ1) is 8.71. The topological polar surface area (TPSA) is 24.2 Å². The van der Waals surface area contributed by atoms with E-state index in [1.54, 1.807) is 0 Å². The molecule has 0 aromatic carbocycles. The molecule has 0 spiro atoms. The number of nitrogens with zero attached hydrogens (tertiary/aromatic N) is 2. The molecule has 0 atom stereocenters. The van der Waals surface area contributed by atoms with Gasteiger partial charge < -0.3 is 4.90 Å². The molecule has 1 heterocycles. The van der Waals surface area contributed by atoms with Crippen molar-refractivity contribution < 1.29 is 9.36 Å². The SMILES string of the molecule is CN(C)c1cc[n+](CC=O)cc1. The van der Waals surface area contributed by atoms with Gasteiger partial charge in [0.1, 0.15) is 0 Å². The van der Waals surface area contributed by atoms with Crippen LogP contribution >= 0.6 is 0 Å². The first-order chi connectivity index (χ1) is 5.74. The Bertz CT molecular complexity index is 254. The van der Waals surface area contributed by atoms with E-state index in [2.05, 4.69) is 0 Å². The molecular weight excluding hydrogens is 152 g/mol. The van der Waals surface area contributed by atoms with Crippen LogP contribution in [0, 0.1) is 0 Å². The lowest BCUT2D eigenvalue weighted by atomic mass is 10.4. The Kier molecular flexibility index (Phi) is 2.80. The average molecular weight is 165 g/mol. The number of hydrogen-bond acceptors (Lipinski definition) is 2. The van der Waals surface area contributed by atoms with E-state index in [1.807, 2.05) is 48.1 Å². The van der Waals surface area contributed by atoms with E-state index in [4.69, 9.17) is 0 Å². The minimum atomic E-state index is 0.424. The zero-order chi connectivity index (χ0) is 8.97. The molecule has 0 aliphatic carbocycles. The number of aromatic nitrogens is 1. The van der Waals surface area contributed by atoms with Gasteiger partial charge in [-0.15, -0.1) is 0 Å². The molecule has 1 aromatic heterocycles. The molecule has 1 aromatic rings. The van der Waals surface area contributed by atoms with Gasteiger partial charge in [0.2, 0.25) is 6.54 Å². The van der Waals surface area contributed by atoms with E-state index < -0.39 is 0 Å². The van der Waals surface area contributed by atoms with Gasteiger partial charge in [-0.1, -0.05) is 0 Å². The first-order valence-corrected chi connectivity index (χ1v) is 3.84. The molecule has 0 amide bonds. The first-order valence-electron chi connectivity index (χ1n) is 3.84. The molecule has 0 unspecified atom stereocenters. The molecule has 0 aliphatic heterocycles. The van der Waals surface area contributed by atoms with Crippen molar-refractivity contribution in [2.75, 3.05) is 19.0 Å². The maximum atomic E-state index is 10.2. The van der Waals surface area contributed by atoms with Gasteiger partial charge in [0.15, 0.2) is 18.7 Å². The second kappa shape index (κ2) is 3.85. The number of carbonyl (C=O) groups is 1. The van der Waals surface area contributed by atoms with Crippen LogP contribution in [-0.2, 0) is 11.3 Å². The number of carbonyl (C=O) groups excluding carboxylic acids is 1. The lowest BCUT2D eigenvalue weighted by Crippen LogP contribution is -2.33. The molecule has 1 rings (SSSR count). The summed E-state index contributed by atoms with van der Waals surface area (Å²) in [6.07, 6.45) is 4.67. The second-order valence-electron chi connectivity index (χ2n) is 2.81. The summed E-state index contributed by atoms with van der Waals surface area (Å²) in [4.78, 5) is 12.2. The fourth-order valence-electron chi connectivity index (χ4n) is 0.955. The standard InChI is InChI=1S/C9H13N2O/c1-10(2)9-3-5-11(6-4-9)7-8-12/h3-6,8H,7H2,1-2H3/q+1. The largest absolute Gasteiger partial charge is 0.377 e. The smallest absolute Gasteiger partial charge is 0.203 e. The van der Waals surface area contributed by atoms with Crippen molar-refractivity contribution in [1.82, 2.24) is 0 Å². The zero-order valence-corrected chi connectivity index (χ0v) is 7.40. The summed E-state index contributed by atoms with van der Waals surface area (Å²) in [6, 6.07) is 3.95. The Morgan fingerprint density at radius 1 is 1.42 bits per heavy atom. The van der Waals surface area contributed by atoms with Crippen LogP contribution < -0.4 is 9.47 Å². The van der Waals surface area contributed by atoms with Crippen LogP contribution in [-0.4, -0.2) is 20.4 Å². The molecule has 0 radical (unpaired) electrons. The van der Waals surface area contributed by atoms with Crippen molar-refractivity contribution in [3.8, 4) is 0 Å². The fraction of sp³-hybridized carbons (Fsp3) is 0.333. The Balaban J connectivity index is 2.78. The van der Waals surface area contributed by atoms with Gasteiger partial charge in [-0.25, -0.2) is 0 Å². The average Bonchev–Trinajstić information content (AvgIpc) is 2.06. The van der Waals surface area contributed by atoms with Gasteiger partial charge in [0, 0.05) is 31.9 Å². The van der Waals surface area contributed by atoms with Crippen LogP contribution in [0.1, 0.15) is 0 Å². The van der Waals surface area contributed by atoms with Crippen LogP contribution in [0.3, 0.4) is 0 Å². The van der Waals surface area contributed by atoms with Crippen molar-refractivity contribution in [2.24, 2.45) is 0 Å². The Morgan fingerprint density at radius 2 is 2.00 bits per heavy atom. The molecule has 12 heavy (non-hydrogen) atoms. The van der Waals surface area contributed by atoms with Crippen molar-refractivity contribution in [1.29, 1.82) is 0 Å². The van der Waals surface area contributed by atoms with Gasteiger partial charge in [0.05, 0.1) is 0 Å². The lowest BCUT2D eigenvalue weighted by Gasteiger charge is -2.09.